The molecule has 4 amide bonds. The van der Waals surface area contributed by atoms with Gasteiger partial charge in [-0.3, -0.25) is 34.3 Å². The lowest BCUT2D eigenvalue weighted by molar-refractivity contribution is -0.152. The van der Waals surface area contributed by atoms with Crippen LogP contribution in [0.2, 0.25) is 0 Å². The lowest BCUT2D eigenvalue weighted by atomic mass is 9.88. The summed E-state index contributed by atoms with van der Waals surface area (Å²) in [6.07, 6.45) is 0.137. The van der Waals surface area contributed by atoms with Gasteiger partial charge in [0.1, 0.15) is 12.6 Å². The van der Waals surface area contributed by atoms with Crippen LogP contribution >= 0.6 is 0 Å². The number of nitrogens with one attached hydrogen (secondary N) is 1. The molecule has 1 aliphatic carbocycles. The Balaban J connectivity index is 1.48. The maximum absolute atomic E-state index is 14.2. The number of amides is 4. The number of nitrogens with zero attached hydrogens (tertiary/aromatic N) is 3. The molecule has 1 aliphatic heterocycles. The molecule has 2 aliphatic rings. The largest absolute Gasteiger partial charge is 0.481 e. The third-order valence-electron chi connectivity index (χ3n) is 12.4. The fraction of sp³-hybridized carbons (Fsp3) is 0.622. The Morgan fingerprint density at radius 2 is 1.40 bits per heavy atom. The molecule has 8 atom stereocenters. The molecule has 1 heterocycles. The Hall–Kier alpha value is -4.33. The predicted octanol–water partition coefficient (Wildman–Crippen LogP) is 6.04. The van der Waals surface area contributed by atoms with E-state index in [1.165, 1.54) is 19.1 Å². The van der Waals surface area contributed by atoms with E-state index in [-0.39, 0.29) is 48.6 Å². The molecule has 1 fully saturated rings. The highest BCUT2D eigenvalue weighted by atomic mass is 16.6. The molecule has 320 valence electrons. The number of hydrogen-bond donors (Lipinski definition) is 2. The van der Waals surface area contributed by atoms with Crippen molar-refractivity contribution in [3.63, 3.8) is 0 Å². The molecule has 1 saturated heterocycles. The van der Waals surface area contributed by atoms with Crippen molar-refractivity contribution in [3.05, 3.63) is 59.7 Å². The lowest BCUT2D eigenvalue weighted by Crippen LogP contribution is -2.60. The first-order chi connectivity index (χ1) is 27.5. The second-order valence-electron chi connectivity index (χ2n) is 16.8. The smallest absolute Gasteiger partial charge is 0.410 e. The van der Waals surface area contributed by atoms with Crippen molar-refractivity contribution in [1.82, 2.24) is 20.0 Å². The van der Waals surface area contributed by atoms with Crippen molar-refractivity contribution in [2.75, 3.05) is 41.5 Å². The van der Waals surface area contributed by atoms with Crippen LogP contribution in [0.15, 0.2) is 48.5 Å². The topological polar surface area (TPSA) is 155 Å². The average Bonchev–Trinajstić information content (AvgIpc) is 3.79. The van der Waals surface area contributed by atoms with E-state index in [1.54, 1.807) is 18.9 Å². The number of carbonyl (C=O) groups excluding carboxylic acids is 4. The van der Waals surface area contributed by atoms with Crippen molar-refractivity contribution >= 4 is 29.8 Å². The van der Waals surface area contributed by atoms with Gasteiger partial charge in [0.15, 0.2) is 0 Å². The Bertz CT molecular complexity index is 1700. The number of likely N-dealkylation sites (N-methyl/N-ethyl adjacent to an activating group) is 2. The zero-order valence-electron chi connectivity index (χ0n) is 36.3. The Kier molecular flexibility index (Phi) is 16.4. The number of hydrogen-bond acceptors (Lipinski definition) is 9. The van der Waals surface area contributed by atoms with Gasteiger partial charge in [0.25, 0.3) is 0 Å². The SMILES string of the molecule is CCC(C)C(C(CC(=O)N1CCCC1C(OC)C(C)C(=O)O)OC)N(C)C(C(=O)NC(=O)C(C(C)C)N(C)C(=O)OCC1c2ccccc2-c2ccccc21)C(C)C. The summed E-state index contributed by atoms with van der Waals surface area (Å²) in [7, 11) is 6.36. The number of ether oxygens (including phenoxy) is 3. The van der Waals surface area contributed by atoms with E-state index in [1.807, 2.05) is 89.9 Å². The lowest BCUT2D eigenvalue weighted by Gasteiger charge is -2.43. The maximum atomic E-state index is 14.2. The highest BCUT2D eigenvalue weighted by molar-refractivity contribution is 6.01. The molecule has 13 nitrogen and oxygen atoms in total. The first kappa shape index (κ1) is 46.4. The van der Waals surface area contributed by atoms with E-state index in [0.717, 1.165) is 35.1 Å². The molecule has 2 N–H and O–H groups in total. The van der Waals surface area contributed by atoms with Crippen molar-refractivity contribution in [2.45, 2.75) is 116 Å². The number of carboxylic acid groups (broad SMARTS) is 1. The minimum atomic E-state index is -0.999. The summed E-state index contributed by atoms with van der Waals surface area (Å²) in [5.74, 6) is -3.87. The fourth-order valence-corrected chi connectivity index (χ4v) is 9.33. The summed E-state index contributed by atoms with van der Waals surface area (Å²) in [5, 5.41) is 12.3. The second kappa shape index (κ2) is 20.6. The molecule has 58 heavy (non-hydrogen) atoms. The quantitative estimate of drug-likeness (QED) is 0.172. The second-order valence-corrected chi connectivity index (χ2v) is 16.8. The highest BCUT2D eigenvalue weighted by Crippen LogP contribution is 2.44. The predicted molar refractivity (Wildman–Crippen MR) is 222 cm³/mol. The molecular formula is C45H66N4O9. The molecule has 0 aromatic heterocycles. The molecule has 0 bridgehead atoms. The number of carbonyl (C=O) groups is 5. The molecule has 2 aromatic rings. The number of rotatable bonds is 19. The fourth-order valence-electron chi connectivity index (χ4n) is 9.33. The van der Waals surface area contributed by atoms with Gasteiger partial charge in [0, 0.05) is 39.8 Å². The number of carboxylic acids is 1. The van der Waals surface area contributed by atoms with Gasteiger partial charge in [-0.25, -0.2) is 4.79 Å². The van der Waals surface area contributed by atoms with Crippen LogP contribution < -0.4 is 5.32 Å². The minimum Gasteiger partial charge on any atom is -0.481 e. The Morgan fingerprint density at radius 3 is 1.90 bits per heavy atom. The molecular weight excluding hydrogens is 741 g/mol. The molecule has 0 radical (unpaired) electrons. The highest BCUT2D eigenvalue weighted by Gasteiger charge is 2.44. The van der Waals surface area contributed by atoms with Crippen LogP contribution in [0.4, 0.5) is 4.79 Å². The van der Waals surface area contributed by atoms with Crippen molar-refractivity contribution in [1.29, 1.82) is 0 Å². The number of imide groups is 1. The monoisotopic (exact) mass is 806 g/mol. The van der Waals surface area contributed by atoms with E-state index in [2.05, 4.69) is 17.4 Å². The van der Waals surface area contributed by atoms with Crippen LogP contribution in [0.1, 0.15) is 91.2 Å². The third kappa shape index (κ3) is 10.1. The summed E-state index contributed by atoms with van der Waals surface area (Å²) < 4.78 is 17.5. The van der Waals surface area contributed by atoms with E-state index in [9.17, 15) is 29.1 Å². The van der Waals surface area contributed by atoms with Crippen LogP contribution in [-0.2, 0) is 33.4 Å². The summed E-state index contributed by atoms with van der Waals surface area (Å²) >= 11 is 0. The van der Waals surface area contributed by atoms with Crippen LogP contribution in [0.25, 0.3) is 11.1 Å². The summed E-state index contributed by atoms with van der Waals surface area (Å²) in [6.45, 7) is 13.7. The number of fused-ring (bicyclic) bond motifs is 3. The van der Waals surface area contributed by atoms with Crippen molar-refractivity contribution in [3.8, 4) is 11.1 Å². The van der Waals surface area contributed by atoms with E-state index < -0.39 is 60.1 Å². The van der Waals surface area contributed by atoms with Crippen molar-refractivity contribution in [2.24, 2.45) is 23.7 Å². The summed E-state index contributed by atoms with van der Waals surface area (Å²) in [4.78, 5) is 72.6. The number of benzene rings is 2. The normalized spacial score (nSPS) is 18.9. The number of methoxy groups -OCH3 is 2. The Labute approximate surface area is 344 Å². The van der Waals surface area contributed by atoms with Crippen LogP contribution in [0.5, 0.6) is 0 Å². The molecule has 2 aromatic carbocycles. The van der Waals surface area contributed by atoms with Crippen LogP contribution in [-0.4, -0.2) is 127 Å². The van der Waals surface area contributed by atoms with Gasteiger partial charge < -0.3 is 24.2 Å². The average molecular weight is 807 g/mol. The third-order valence-corrected chi connectivity index (χ3v) is 12.4. The standard InChI is InChI=1S/C45H66N4O9/c1-12-28(6)40(36(56-10)24-37(50)49-23-17-22-35(49)41(57-11)29(7)44(53)54)47(8)38(26(2)3)42(51)46-43(52)39(27(4)5)48(9)45(55)58-25-34-32-20-15-13-18-30(32)31-19-14-16-21-33(31)34/h13-16,18-21,26-29,34-36,38-41H,12,17,22-25H2,1-11H3,(H,53,54)(H,46,51,52). The van der Waals surface area contributed by atoms with Crippen LogP contribution in [0.3, 0.4) is 0 Å². The van der Waals surface area contributed by atoms with Gasteiger partial charge in [-0.1, -0.05) is 96.5 Å². The summed E-state index contributed by atoms with van der Waals surface area (Å²) in [5.41, 5.74) is 4.37. The first-order valence-electron chi connectivity index (χ1n) is 20.7. The summed E-state index contributed by atoms with van der Waals surface area (Å²) in [6, 6.07) is 13.5. The maximum Gasteiger partial charge on any atom is 0.410 e. The zero-order valence-corrected chi connectivity index (χ0v) is 36.3. The molecule has 4 rings (SSSR count). The van der Waals surface area contributed by atoms with Gasteiger partial charge in [-0.2, -0.15) is 0 Å². The number of aliphatic carboxylic acids is 1. The van der Waals surface area contributed by atoms with Crippen LogP contribution in [0, 0.1) is 23.7 Å². The molecule has 8 unspecified atom stereocenters. The van der Waals surface area contributed by atoms with Crippen molar-refractivity contribution < 1.29 is 43.3 Å². The molecule has 13 heteroatoms. The van der Waals surface area contributed by atoms with E-state index >= 15 is 0 Å². The number of likely N-dealkylation sites (tertiary alicyclic amines) is 1. The van der Waals surface area contributed by atoms with E-state index in [0.29, 0.717) is 13.0 Å². The van der Waals surface area contributed by atoms with E-state index in [4.69, 9.17) is 14.2 Å². The van der Waals surface area contributed by atoms with Gasteiger partial charge in [0.2, 0.25) is 17.7 Å². The van der Waals surface area contributed by atoms with Gasteiger partial charge in [-0.15, -0.1) is 0 Å². The van der Waals surface area contributed by atoms with Gasteiger partial charge in [-0.05, 0) is 66.8 Å². The first-order valence-corrected chi connectivity index (χ1v) is 20.7. The zero-order chi connectivity index (χ0) is 43.0. The minimum absolute atomic E-state index is 0.00988. The molecule has 0 saturated carbocycles. The molecule has 0 spiro atoms. The van der Waals surface area contributed by atoms with Gasteiger partial charge >= 0.3 is 12.1 Å². The van der Waals surface area contributed by atoms with Gasteiger partial charge in [0.05, 0.1) is 36.6 Å². The Morgan fingerprint density at radius 1 is 0.845 bits per heavy atom.